The molecule has 4 N–H and O–H groups in total. The quantitative estimate of drug-likeness (QED) is 0.763. The van der Waals surface area contributed by atoms with E-state index in [9.17, 15) is 9.90 Å². The first-order chi connectivity index (χ1) is 9.18. The van der Waals surface area contributed by atoms with Crippen LogP contribution in [0.5, 0.6) is 5.75 Å². The Labute approximate surface area is 111 Å². The topological polar surface area (TPSA) is 75.4 Å². The van der Waals surface area contributed by atoms with E-state index < -0.39 is 5.91 Å². The number of carbonyl (C=O) groups is 1. The molecule has 0 spiro atoms. The summed E-state index contributed by atoms with van der Waals surface area (Å²) < 4.78 is 0. The number of hydrogen-bond donors (Lipinski definition) is 3. The van der Waals surface area contributed by atoms with E-state index >= 15 is 0 Å². The van der Waals surface area contributed by atoms with Gasteiger partial charge in [-0.15, -0.1) is 0 Å². The van der Waals surface area contributed by atoms with Crippen LogP contribution in [0.2, 0.25) is 0 Å². The van der Waals surface area contributed by atoms with Gasteiger partial charge in [-0.1, -0.05) is 36.4 Å². The maximum absolute atomic E-state index is 11.3. The Balaban J connectivity index is 2.00. The predicted octanol–water partition coefficient (Wildman–Crippen LogP) is 1.78. The largest absolute Gasteiger partial charge is 0.508 e. The van der Waals surface area contributed by atoms with Crippen LogP contribution in [-0.4, -0.2) is 11.0 Å². The zero-order chi connectivity index (χ0) is 13.7. The van der Waals surface area contributed by atoms with Crippen molar-refractivity contribution in [2.24, 2.45) is 5.73 Å². The monoisotopic (exact) mass is 256 g/mol. The van der Waals surface area contributed by atoms with Crippen molar-refractivity contribution < 1.29 is 9.90 Å². The lowest BCUT2D eigenvalue weighted by atomic mass is 10.1. The smallest absolute Gasteiger partial charge is 0.249 e. The third-order valence-electron chi connectivity index (χ3n) is 2.91. The molecule has 2 aromatic rings. The van der Waals surface area contributed by atoms with Crippen LogP contribution < -0.4 is 11.1 Å². The highest BCUT2D eigenvalue weighted by atomic mass is 16.3. The first-order valence-electron chi connectivity index (χ1n) is 6.04. The van der Waals surface area contributed by atoms with Gasteiger partial charge in [-0.3, -0.25) is 4.79 Å². The number of nitrogens with two attached hydrogens (primary N) is 1. The number of hydrogen-bond acceptors (Lipinski definition) is 3. The first-order valence-corrected chi connectivity index (χ1v) is 6.04. The second-order valence-electron chi connectivity index (χ2n) is 4.25. The highest BCUT2D eigenvalue weighted by Gasteiger charge is 2.06. The summed E-state index contributed by atoms with van der Waals surface area (Å²) in [6.45, 7) is 1.05. The Bertz CT molecular complexity index is 582. The van der Waals surface area contributed by atoms with Gasteiger partial charge in [0.1, 0.15) is 5.75 Å². The van der Waals surface area contributed by atoms with Crippen molar-refractivity contribution in [3.05, 3.63) is 65.2 Å². The molecule has 0 saturated heterocycles. The molecule has 98 valence electrons. The van der Waals surface area contributed by atoms with Crippen molar-refractivity contribution in [2.75, 3.05) is 0 Å². The number of benzene rings is 2. The van der Waals surface area contributed by atoms with Gasteiger partial charge in [0.15, 0.2) is 0 Å². The fourth-order valence-corrected chi connectivity index (χ4v) is 1.91. The average Bonchev–Trinajstić information content (AvgIpc) is 2.41. The van der Waals surface area contributed by atoms with E-state index in [4.69, 9.17) is 5.73 Å². The van der Waals surface area contributed by atoms with Gasteiger partial charge in [0.2, 0.25) is 5.91 Å². The van der Waals surface area contributed by atoms with Gasteiger partial charge in [0, 0.05) is 24.2 Å². The third kappa shape index (κ3) is 3.33. The van der Waals surface area contributed by atoms with E-state index in [1.54, 1.807) is 24.3 Å². The molecule has 19 heavy (non-hydrogen) atoms. The molecule has 1 amide bonds. The van der Waals surface area contributed by atoms with Gasteiger partial charge in [0.25, 0.3) is 0 Å². The van der Waals surface area contributed by atoms with Crippen LogP contribution in [0.25, 0.3) is 0 Å². The van der Waals surface area contributed by atoms with E-state index in [0.717, 1.165) is 11.1 Å². The predicted molar refractivity (Wildman–Crippen MR) is 73.6 cm³/mol. The molecule has 0 unspecified atom stereocenters. The lowest BCUT2D eigenvalue weighted by Gasteiger charge is -2.09. The molecule has 4 nitrogen and oxygen atoms in total. The molecule has 2 rings (SSSR count). The molecule has 0 aliphatic rings. The summed E-state index contributed by atoms with van der Waals surface area (Å²) in [6, 6.07) is 14.4. The van der Waals surface area contributed by atoms with Gasteiger partial charge in [-0.05, 0) is 17.7 Å². The van der Waals surface area contributed by atoms with Gasteiger partial charge >= 0.3 is 0 Å². The average molecular weight is 256 g/mol. The molecule has 0 fully saturated rings. The number of nitrogens with one attached hydrogen (secondary N) is 1. The number of primary amides is 1. The lowest BCUT2D eigenvalue weighted by molar-refractivity contribution is 0.0999. The first kappa shape index (κ1) is 13.1. The molecule has 0 saturated carbocycles. The highest BCUT2D eigenvalue weighted by molar-refractivity contribution is 5.94. The van der Waals surface area contributed by atoms with E-state index in [1.165, 1.54) is 0 Å². The minimum atomic E-state index is -0.431. The summed E-state index contributed by atoms with van der Waals surface area (Å²) >= 11 is 0. The van der Waals surface area contributed by atoms with E-state index in [2.05, 4.69) is 5.32 Å². The van der Waals surface area contributed by atoms with Crippen molar-refractivity contribution >= 4 is 5.91 Å². The number of phenols is 1. The van der Waals surface area contributed by atoms with Crippen LogP contribution in [-0.2, 0) is 13.1 Å². The third-order valence-corrected chi connectivity index (χ3v) is 2.91. The fraction of sp³-hybridized carbons (Fsp3) is 0.133. The van der Waals surface area contributed by atoms with Crippen molar-refractivity contribution in [1.29, 1.82) is 0 Å². The molecular formula is C15H16N2O2. The Kier molecular flexibility index (Phi) is 4.15. The van der Waals surface area contributed by atoms with Crippen LogP contribution in [0.4, 0.5) is 0 Å². The molecule has 0 aliphatic heterocycles. The van der Waals surface area contributed by atoms with Crippen molar-refractivity contribution in [3.63, 3.8) is 0 Å². The molecule has 0 heterocycles. The van der Waals surface area contributed by atoms with E-state index in [1.807, 2.05) is 24.3 Å². The number of aromatic hydroxyl groups is 1. The standard InChI is InChI=1S/C15H16N2O2/c16-15(19)13-7-3-1-5-11(13)9-17-10-12-6-2-4-8-14(12)18/h1-8,17-18H,9-10H2,(H2,16,19). The second kappa shape index (κ2) is 6.02. The molecule has 2 aromatic carbocycles. The molecule has 0 radical (unpaired) electrons. The Morgan fingerprint density at radius 2 is 1.58 bits per heavy atom. The van der Waals surface area contributed by atoms with Crippen molar-refractivity contribution in [3.8, 4) is 5.75 Å². The summed E-state index contributed by atoms with van der Waals surface area (Å²) in [5, 5.41) is 12.8. The molecule has 0 bridgehead atoms. The fourth-order valence-electron chi connectivity index (χ4n) is 1.91. The van der Waals surface area contributed by atoms with Crippen LogP contribution in [0.1, 0.15) is 21.5 Å². The van der Waals surface area contributed by atoms with Gasteiger partial charge in [0.05, 0.1) is 0 Å². The zero-order valence-corrected chi connectivity index (χ0v) is 10.5. The number of rotatable bonds is 5. The Morgan fingerprint density at radius 3 is 2.26 bits per heavy atom. The summed E-state index contributed by atoms with van der Waals surface area (Å²) in [7, 11) is 0. The normalized spacial score (nSPS) is 10.3. The Morgan fingerprint density at radius 1 is 1.00 bits per heavy atom. The summed E-state index contributed by atoms with van der Waals surface area (Å²) in [4.78, 5) is 11.3. The minimum Gasteiger partial charge on any atom is -0.508 e. The summed E-state index contributed by atoms with van der Waals surface area (Å²) in [5.74, 6) is -0.168. The van der Waals surface area contributed by atoms with Crippen molar-refractivity contribution in [1.82, 2.24) is 5.32 Å². The molecule has 4 heteroatoms. The van der Waals surface area contributed by atoms with Crippen molar-refractivity contribution in [2.45, 2.75) is 13.1 Å². The van der Waals surface area contributed by atoms with Crippen LogP contribution in [0, 0.1) is 0 Å². The molecule has 0 atom stereocenters. The number of amides is 1. The van der Waals surface area contributed by atoms with E-state index in [-0.39, 0.29) is 5.75 Å². The maximum atomic E-state index is 11.3. The molecule has 0 aliphatic carbocycles. The van der Waals surface area contributed by atoms with Crippen LogP contribution >= 0.6 is 0 Å². The lowest BCUT2D eigenvalue weighted by Crippen LogP contribution is -2.18. The maximum Gasteiger partial charge on any atom is 0.249 e. The highest BCUT2D eigenvalue weighted by Crippen LogP contribution is 2.15. The Hall–Kier alpha value is -2.33. The van der Waals surface area contributed by atoms with E-state index in [0.29, 0.717) is 18.7 Å². The SMILES string of the molecule is NC(=O)c1ccccc1CNCc1ccccc1O. The number of phenolic OH excluding ortho intramolecular Hbond substituents is 1. The summed E-state index contributed by atoms with van der Waals surface area (Å²) in [5.41, 5.74) is 7.51. The minimum absolute atomic E-state index is 0.262. The van der Waals surface area contributed by atoms with Gasteiger partial charge in [-0.25, -0.2) is 0 Å². The number of para-hydroxylation sites is 1. The van der Waals surface area contributed by atoms with Gasteiger partial charge < -0.3 is 16.2 Å². The molecular weight excluding hydrogens is 240 g/mol. The van der Waals surface area contributed by atoms with Crippen LogP contribution in [0.15, 0.2) is 48.5 Å². The summed E-state index contributed by atoms with van der Waals surface area (Å²) in [6.07, 6.45) is 0. The van der Waals surface area contributed by atoms with Crippen LogP contribution in [0.3, 0.4) is 0 Å². The zero-order valence-electron chi connectivity index (χ0n) is 10.5. The second-order valence-corrected chi connectivity index (χ2v) is 4.25. The van der Waals surface area contributed by atoms with Gasteiger partial charge in [-0.2, -0.15) is 0 Å². The number of carbonyl (C=O) groups excluding carboxylic acids is 1. The molecule has 0 aromatic heterocycles.